The maximum Gasteiger partial charge on any atom is 0.307 e. The van der Waals surface area contributed by atoms with Crippen molar-refractivity contribution < 1.29 is 23.4 Å². The lowest BCUT2D eigenvalue weighted by molar-refractivity contribution is -0.142. The Hall–Kier alpha value is -0.700. The molecule has 2 aliphatic heterocycles. The molecule has 2 saturated heterocycles. The molecule has 116 valence electrons. The van der Waals surface area contributed by atoms with Crippen LogP contribution in [-0.2, 0) is 15.0 Å². The number of hydrogen-bond donors (Lipinski definition) is 2. The van der Waals surface area contributed by atoms with E-state index in [1.54, 1.807) is 0 Å². The second-order valence-electron chi connectivity index (χ2n) is 5.57. The maximum atomic E-state index is 12.5. The first-order valence-electron chi connectivity index (χ1n) is 7.04. The van der Waals surface area contributed by atoms with Crippen LogP contribution in [0.25, 0.3) is 0 Å². The van der Waals surface area contributed by atoms with Crippen molar-refractivity contribution in [2.75, 3.05) is 32.8 Å². The van der Waals surface area contributed by atoms with Crippen LogP contribution in [0.4, 0.5) is 0 Å². The Morgan fingerprint density at radius 3 is 2.30 bits per heavy atom. The highest BCUT2D eigenvalue weighted by Crippen LogP contribution is 2.25. The molecule has 2 heterocycles. The zero-order chi connectivity index (χ0) is 14.8. The molecule has 2 aliphatic rings. The molecule has 2 rings (SSSR count). The SMILES string of the molecule is O=C(O)C1CCCN(S(=O)(=O)N2CCC(CO)CC2)C1. The fourth-order valence-electron chi connectivity index (χ4n) is 2.84. The normalized spacial score (nSPS) is 27.6. The number of aliphatic hydroxyl groups is 1. The molecule has 2 fully saturated rings. The van der Waals surface area contributed by atoms with E-state index in [9.17, 15) is 13.2 Å². The highest BCUT2D eigenvalue weighted by atomic mass is 32.2. The zero-order valence-electron chi connectivity index (χ0n) is 11.4. The molecule has 0 saturated carbocycles. The lowest BCUT2D eigenvalue weighted by atomic mass is 10.00. The largest absolute Gasteiger partial charge is 0.481 e. The van der Waals surface area contributed by atoms with Crippen LogP contribution in [-0.4, -0.2) is 66.0 Å². The van der Waals surface area contributed by atoms with Gasteiger partial charge in [-0.2, -0.15) is 17.0 Å². The Morgan fingerprint density at radius 2 is 1.75 bits per heavy atom. The van der Waals surface area contributed by atoms with E-state index >= 15 is 0 Å². The van der Waals surface area contributed by atoms with E-state index in [0.717, 1.165) is 0 Å². The van der Waals surface area contributed by atoms with Gasteiger partial charge in [-0.3, -0.25) is 4.79 Å². The van der Waals surface area contributed by atoms with Gasteiger partial charge < -0.3 is 10.2 Å². The second-order valence-corrected chi connectivity index (χ2v) is 7.50. The minimum absolute atomic E-state index is 0.0671. The van der Waals surface area contributed by atoms with Crippen LogP contribution in [0.15, 0.2) is 0 Å². The molecule has 0 aromatic heterocycles. The molecule has 0 radical (unpaired) electrons. The summed E-state index contributed by atoms with van der Waals surface area (Å²) in [5, 5.41) is 18.1. The lowest BCUT2D eigenvalue weighted by Crippen LogP contribution is -2.51. The standard InChI is InChI=1S/C12H22N2O5S/c15-9-10-3-6-13(7-4-10)20(18,19)14-5-1-2-11(8-14)12(16)17/h10-11,15H,1-9H2,(H,16,17). The highest BCUT2D eigenvalue weighted by Gasteiger charge is 2.37. The first-order valence-corrected chi connectivity index (χ1v) is 8.43. The quantitative estimate of drug-likeness (QED) is 0.745. The fourth-order valence-corrected chi connectivity index (χ4v) is 4.57. The Labute approximate surface area is 119 Å². The molecular weight excluding hydrogens is 284 g/mol. The maximum absolute atomic E-state index is 12.5. The van der Waals surface area contributed by atoms with Gasteiger partial charge in [0.15, 0.2) is 0 Å². The van der Waals surface area contributed by atoms with Crippen molar-refractivity contribution >= 4 is 16.2 Å². The number of nitrogens with zero attached hydrogens (tertiary/aromatic N) is 2. The Bertz CT molecular complexity index is 445. The molecule has 1 atom stereocenters. The number of hydrogen-bond acceptors (Lipinski definition) is 4. The molecule has 2 N–H and O–H groups in total. The smallest absolute Gasteiger partial charge is 0.307 e. The summed E-state index contributed by atoms with van der Waals surface area (Å²) in [4.78, 5) is 11.0. The van der Waals surface area contributed by atoms with Gasteiger partial charge in [-0.05, 0) is 31.6 Å². The number of rotatable bonds is 4. The van der Waals surface area contributed by atoms with Gasteiger partial charge in [0.05, 0.1) is 5.92 Å². The fraction of sp³-hybridized carbons (Fsp3) is 0.917. The summed E-state index contributed by atoms with van der Waals surface area (Å²) in [5.41, 5.74) is 0. The van der Waals surface area contributed by atoms with E-state index in [1.165, 1.54) is 8.61 Å². The summed E-state index contributed by atoms with van der Waals surface area (Å²) in [6.45, 7) is 1.37. The Balaban J connectivity index is 2.01. The van der Waals surface area contributed by atoms with Crippen LogP contribution in [0.3, 0.4) is 0 Å². The molecule has 0 amide bonds. The van der Waals surface area contributed by atoms with E-state index < -0.39 is 22.1 Å². The number of carbonyl (C=O) groups is 1. The van der Waals surface area contributed by atoms with Crippen LogP contribution < -0.4 is 0 Å². The van der Waals surface area contributed by atoms with Gasteiger partial charge >= 0.3 is 5.97 Å². The van der Waals surface area contributed by atoms with Gasteiger partial charge in [-0.25, -0.2) is 0 Å². The van der Waals surface area contributed by atoms with Gasteiger partial charge in [0.25, 0.3) is 10.2 Å². The average Bonchev–Trinajstić information content (AvgIpc) is 2.47. The van der Waals surface area contributed by atoms with Crippen LogP contribution in [0.1, 0.15) is 25.7 Å². The summed E-state index contributed by atoms with van der Waals surface area (Å²) in [5.74, 6) is -1.35. The first-order chi connectivity index (χ1) is 9.45. The summed E-state index contributed by atoms with van der Waals surface area (Å²) >= 11 is 0. The van der Waals surface area contributed by atoms with Crippen molar-refractivity contribution in [1.82, 2.24) is 8.61 Å². The van der Waals surface area contributed by atoms with Crippen molar-refractivity contribution in [2.24, 2.45) is 11.8 Å². The van der Waals surface area contributed by atoms with Crippen molar-refractivity contribution in [3.63, 3.8) is 0 Å². The number of aliphatic carboxylic acids is 1. The second kappa shape index (κ2) is 6.38. The molecule has 20 heavy (non-hydrogen) atoms. The van der Waals surface area contributed by atoms with Crippen molar-refractivity contribution in [3.05, 3.63) is 0 Å². The lowest BCUT2D eigenvalue weighted by Gasteiger charge is -2.37. The molecule has 1 unspecified atom stereocenters. The van der Waals surface area contributed by atoms with Crippen LogP contribution >= 0.6 is 0 Å². The van der Waals surface area contributed by atoms with Gasteiger partial charge in [0.1, 0.15) is 0 Å². The molecule has 0 aromatic rings. The molecule has 0 aliphatic carbocycles. The number of aliphatic hydroxyl groups excluding tert-OH is 1. The van der Waals surface area contributed by atoms with E-state index in [4.69, 9.17) is 10.2 Å². The summed E-state index contributed by atoms with van der Waals surface area (Å²) in [6, 6.07) is 0. The van der Waals surface area contributed by atoms with E-state index in [1.807, 2.05) is 0 Å². The monoisotopic (exact) mass is 306 g/mol. The Kier molecular flexibility index (Phi) is 5.00. The predicted octanol–water partition coefficient (Wildman–Crippen LogP) is -0.268. The van der Waals surface area contributed by atoms with Crippen molar-refractivity contribution in [1.29, 1.82) is 0 Å². The summed E-state index contributed by atoms with van der Waals surface area (Å²) in [6.07, 6.45) is 2.44. The third-order valence-electron chi connectivity index (χ3n) is 4.22. The number of carboxylic acids is 1. The van der Waals surface area contributed by atoms with Crippen LogP contribution in [0, 0.1) is 11.8 Å². The van der Waals surface area contributed by atoms with Crippen LogP contribution in [0.2, 0.25) is 0 Å². The summed E-state index contributed by atoms with van der Waals surface area (Å²) < 4.78 is 27.7. The first kappa shape index (κ1) is 15.7. The van der Waals surface area contributed by atoms with E-state index in [-0.39, 0.29) is 19.1 Å². The molecule has 0 bridgehead atoms. The average molecular weight is 306 g/mol. The molecular formula is C12H22N2O5S. The molecule has 0 aromatic carbocycles. The number of piperidine rings is 2. The molecule has 7 nitrogen and oxygen atoms in total. The zero-order valence-corrected chi connectivity index (χ0v) is 12.3. The van der Waals surface area contributed by atoms with Gasteiger partial charge in [0, 0.05) is 32.8 Å². The van der Waals surface area contributed by atoms with Gasteiger partial charge in [-0.15, -0.1) is 0 Å². The van der Waals surface area contributed by atoms with E-state index in [0.29, 0.717) is 45.3 Å². The minimum atomic E-state index is -3.56. The number of carboxylic acid groups (broad SMARTS) is 1. The minimum Gasteiger partial charge on any atom is -0.481 e. The van der Waals surface area contributed by atoms with Gasteiger partial charge in [-0.1, -0.05) is 0 Å². The summed E-state index contributed by atoms with van der Waals surface area (Å²) in [7, 11) is -3.56. The van der Waals surface area contributed by atoms with Gasteiger partial charge in [0.2, 0.25) is 0 Å². The van der Waals surface area contributed by atoms with E-state index in [2.05, 4.69) is 0 Å². The molecule has 8 heteroatoms. The third kappa shape index (κ3) is 3.30. The van der Waals surface area contributed by atoms with Crippen molar-refractivity contribution in [2.45, 2.75) is 25.7 Å². The van der Waals surface area contributed by atoms with Crippen LogP contribution in [0.5, 0.6) is 0 Å². The third-order valence-corrected chi connectivity index (χ3v) is 6.22. The predicted molar refractivity (Wildman–Crippen MR) is 72.2 cm³/mol. The molecule has 0 spiro atoms. The van der Waals surface area contributed by atoms with Crippen molar-refractivity contribution in [3.8, 4) is 0 Å². The topological polar surface area (TPSA) is 98.2 Å². The highest BCUT2D eigenvalue weighted by molar-refractivity contribution is 7.86. The Morgan fingerprint density at radius 1 is 1.10 bits per heavy atom.